The molecular formula is C32H37N3O3. The zero-order valence-corrected chi connectivity index (χ0v) is 23.0. The van der Waals surface area contributed by atoms with Gasteiger partial charge in [0.1, 0.15) is 18.1 Å². The number of fused-ring (bicyclic) bond motifs is 1. The second-order valence-corrected chi connectivity index (χ2v) is 11.0. The third-order valence-corrected chi connectivity index (χ3v) is 7.21. The van der Waals surface area contributed by atoms with E-state index < -0.39 is 0 Å². The predicted octanol–water partition coefficient (Wildman–Crippen LogP) is 7.55. The Morgan fingerprint density at radius 2 is 1.63 bits per heavy atom. The van der Waals surface area contributed by atoms with Crippen molar-refractivity contribution in [3.8, 4) is 23.0 Å². The van der Waals surface area contributed by atoms with Crippen LogP contribution >= 0.6 is 0 Å². The summed E-state index contributed by atoms with van der Waals surface area (Å²) in [5.41, 5.74) is 4.30. The van der Waals surface area contributed by atoms with E-state index in [9.17, 15) is 0 Å². The SMILES string of the molecule is COc1cc2c(Oc3ccc(Nc4ccc(C(C)(C)C)cc4)cc3)ccnc2cc1OCC1CCCN1C. The first kappa shape index (κ1) is 25.9. The van der Waals surface area contributed by atoms with Gasteiger partial charge in [0, 0.05) is 35.1 Å². The standard InChI is InChI=1S/C32H37N3O3/c1-32(2,3)22-8-10-23(11-9-22)34-24-12-14-26(15-13-24)38-29-16-17-33-28-20-31(30(36-5)19-27(28)29)37-21-25-7-6-18-35(25)4/h8-17,19-20,25,34H,6-7,18,21H2,1-5H3. The molecule has 198 valence electrons. The summed E-state index contributed by atoms with van der Waals surface area (Å²) < 4.78 is 18.1. The lowest BCUT2D eigenvalue weighted by Crippen LogP contribution is -2.30. The number of anilines is 2. The number of hydrogen-bond donors (Lipinski definition) is 1. The molecule has 1 N–H and O–H groups in total. The maximum Gasteiger partial charge on any atom is 0.163 e. The number of ether oxygens (including phenoxy) is 3. The minimum Gasteiger partial charge on any atom is -0.493 e. The van der Waals surface area contributed by atoms with Crippen molar-refractivity contribution in [1.29, 1.82) is 0 Å². The Morgan fingerprint density at radius 3 is 2.26 bits per heavy atom. The van der Waals surface area contributed by atoms with Gasteiger partial charge in [0.25, 0.3) is 0 Å². The number of methoxy groups -OCH3 is 1. The zero-order valence-electron chi connectivity index (χ0n) is 23.0. The monoisotopic (exact) mass is 511 g/mol. The zero-order chi connectivity index (χ0) is 26.7. The van der Waals surface area contributed by atoms with E-state index >= 15 is 0 Å². The highest BCUT2D eigenvalue weighted by atomic mass is 16.5. The molecular weight excluding hydrogens is 474 g/mol. The molecule has 2 heterocycles. The topological polar surface area (TPSA) is 55.9 Å². The third kappa shape index (κ3) is 5.86. The summed E-state index contributed by atoms with van der Waals surface area (Å²) >= 11 is 0. The van der Waals surface area contributed by atoms with Gasteiger partial charge in [0.2, 0.25) is 0 Å². The van der Waals surface area contributed by atoms with Gasteiger partial charge in [-0.1, -0.05) is 32.9 Å². The number of pyridine rings is 1. The van der Waals surface area contributed by atoms with Crippen molar-refractivity contribution in [3.63, 3.8) is 0 Å². The number of nitrogens with one attached hydrogen (secondary N) is 1. The molecule has 1 saturated heterocycles. The van der Waals surface area contributed by atoms with Crippen LogP contribution in [0.3, 0.4) is 0 Å². The summed E-state index contributed by atoms with van der Waals surface area (Å²) in [4.78, 5) is 6.91. The van der Waals surface area contributed by atoms with E-state index in [1.165, 1.54) is 12.0 Å². The lowest BCUT2D eigenvalue weighted by molar-refractivity contribution is 0.193. The number of aromatic nitrogens is 1. The quantitative estimate of drug-likeness (QED) is 0.264. The lowest BCUT2D eigenvalue weighted by Gasteiger charge is -2.21. The molecule has 0 bridgehead atoms. The molecule has 6 nitrogen and oxygen atoms in total. The van der Waals surface area contributed by atoms with Crippen LogP contribution < -0.4 is 19.5 Å². The summed E-state index contributed by atoms with van der Waals surface area (Å²) in [6.45, 7) is 8.42. The highest BCUT2D eigenvalue weighted by molar-refractivity contribution is 5.88. The van der Waals surface area contributed by atoms with Crippen molar-refractivity contribution in [1.82, 2.24) is 9.88 Å². The predicted molar refractivity (Wildman–Crippen MR) is 154 cm³/mol. The fourth-order valence-electron chi connectivity index (χ4n) is 4.82. The molecule has 1 atom stereocenters. The van der Waals surface area contributed by atoms with Crippen LogP contribution in [-0.4, -0.2) is 43.2 Å². The van der Waals surface area contributed by atoms with E-state index in [-0.39, 0.29) is 5.41 Å². The van der Waals surface area contributed by atoms with Crippen molar-refractivity contribution in [3.05, 3.63) is 78.5 Å². The van der Waals surface area contributed by atoms with E-state index in [1.54, 1.807) is 13.3 Å². The van der Waals surface area contributed by atoms with Crippen LogP contribution in [0.4, 0.5) is 11.4 Å². The first-order valence-electron chi connectivity index (χ1n) is 13.3. The molecule has 0 radical (unpaired) electrons. The summed E-state index contributed by atoms with van der Waals surface area (Å²) in [6.07, 6.45) is 4.12. The number of likely N-dealkylation sites (N-methyl/N-ethyl adjacent to an activating group) is 1. The highest BCUT2D eigenvalue weighted by Gasteiger charge is 2.22. The van der Waals surface area contributed by atoms with Crippen molar-refractivity contribution in [2.24, 2.45) is 0 Å². The summed E-state index contributed by atoms with van der Waals surface area (Å²) in [5, 5.41) is 4.33. The van der Waals surface area contributed by atoms with Gasteiger partial charge in [-0.3, -0.25) is 4.98 Å². The molecule has 0 amide bonds. The molecule has 0 saturated carbocycles. The Bertz CT molecular complexity index is 1380. The molecule has 1 aliphatic rings. The van der Waals surface area contributed by atoms with Crippen LogP contribution in [0.25, 0.3) is 10.9 Å². The van der Waals surface area contributed by atoms with Crippen molar-refractivity contribution >= 4 is 22.3 Å². The molecule has 0 aliphatic carbocycles. The normalized spacial score (nSPS) is 16.0. The van der Waals surface area contributed by atoms with Crippen molar-refractivity contribution < 1.29 is 14.2 Å². The van der Waals surface area contributed by atoms with Crippen molar-refractivity contribution in [2.75, 3.05) is 32.6 Å². The van der Waals surface area contributed by atoms with E-state index in [4.69, 9.17) is 14.2 Å². The maximum absolute atomic E-state index is 6.27. The van der Waals surface area contributed by atoms with Crippen LogP contribution in [-0.2, 0) is 5.41 Å². The van der Waals surface area contributed by atoms with Crippen LogP contribution in [0.1, 0.15) is 39.2 Å². The molecule has 38 heavy (non-hydrogen) atoms. The largest absolute Gasteiger partial charge is 0.493 e. The number of likely N-dealkylation sites (tertiary alicyclic amines) is 1. The van der Waals surface area contributed by atoms with Crippen LogP contribution in [0.15, 0.2) is 72.9 Å². The summed E-state index contributed by atoms with van der Waals surface area (Å²) in [6, 6.07) is 22.7. The maximum atomic E-state index is 6.27. The van der Waals surface area contributed by atoms with Crippen LogP contribution in [0.5, 0.6) is 23.0 Å². The van der Waals surface area contributed by atoms with Gasteiger partial charge < -0.3 is 24.4 Å². The van der Waals surface area contributed by atoms with Gasteiger partial charge >= 0.3 is 0 Å². The van der Waals surface area contributed by atoms with E-state index in [1.807, 2.05) is 42.5 Å². The Hall–Kier alpha value is -3.77. The number of benzene rings is 3. The molecule has 6 heteroatoms. The highest BCUT2D eigenvalue weighted by Crippen LogP contribution is 2.37. The second-order valence-electron chi connectivity index (χ2n) is 11.0. The molecule has 1 fully saturated rings. The first-order chi connectivity index (χ1) is 18.3. The summed E-state index contributed by atoms with van der Waals surface area (Å²) in [7, 11) is 3.81. The van der Waals surface area contributed by atoms with Gasteiger partial charge in [-0.25, -0.2) is 0 Å². The molecule has 4 aromatic rings. The lowest BCUT2D eigenvalue weighted by atomic mass is 9.87. The van der Waals surface area contributed by atoms with Gasteiger partial charge in [-0.05, 0) is 85.9 Å². The third-order valence-electron chi connectivity index (χ3n) is 7.21. The van der Waals surface area contributed by atoms with Gasteiger partial charge in [-0.2, -0.15) is 0 Å². The smallest absolute Gasteiger partial charge is 0.163 e. The Balaban J connectivity index is 1.30. The summed E-state index contributed by atoms with van der Waals surface area (Å²) in [5.74, 6) is 2.84. The molecule has 1 aliphatic heterocycles. The molecule has 3 aromatic carbocycles. The van der Waals surface area contributed by atoms with Crippen LogP contribution in [0, 0.1) is 0 Å². The average molecular weight is 512 g/mol. The van der Waals surface area contributed by atoms with Crippen molar-refractivity contribution in [2.45, 2.75) is 45.1 Å². The minimum absolute atomic E-state index is 0.139. The van der Waals surface area contributed by atoms with E-state index in [0.717, 1.165) is 41.0 Å². The fraction of sp³-hybridized carbons (Fsp3) is 0.344. The molecule has 0 spiro atoms. The minimum atomic E-state index is 0.139. The van der Waals surface area contributed by atoms with Gasteiger partial charge in [0.15, 0.2) is 11.5 Å². The Kier molecular flexibility index (Phi) is 7.43. The first-order valence-corrected chi connectivity index (χ1v) is 13.3. The van der Waals surface area contributed by atoms with Gasteiger partial charge in [0.05, 0.1) is 12.6 Å². The fourth-order valence-corrected chi connectivity index (χ4v) is 4.82. The number of nitrogens with zero attached hydrogens (tertiary/aromatic N) is 2. The Labute approximate surface area is 225 Å². The second kappa shape index (κ2) is 10.9. The van der Waals surface area contributed by atoms with E-state index in [2.05, 4.69) is 67.3 Å². The number of hydrogen-bond acceptors (Lipinski definition) is 6. The number of rotatable bonds is 8. The Morgan fingerprint density at radius 1 is 0.921 bits per heavy atom. The average Bonchev–Trinajstić information content (AvgIpc) is 3.32. The molecule has 5 rings (SSSR count). The van der Waals surface area contributed by atoms with E-state index in [0.29, 0.717) is 29.9 Å². The van der Waals surface area contributed by atoms with Gasteiger partial charge in [-0.15, -0.1) is 0 Å². The molecule has 1 unspecified atom stereocenters. The molecule has 1 aromatic heterocycles. The van der Waals surface area contributed by atoms with Crippen LogP contribution in [0.2, 0.25) is 0 Å².